The molecule has 2 amide bonds. The fraction of sp³-hybridized carbons (Fsp3) is 0.375. The summed E-state index contributed by atoms with van der Waals surface area (Å²) in [6.07, 6.45) is 10.5. The van der Waals surface area contributed by atoms with Crippen molar-refractivity contribution in [3.05, 3.63) is 95.7 Å². The molecule has 1 N–H and O–H groups in total. The Morgan fingerprint density at radius 3 is 2.41 bits per heavy atom. The van der Waals surface area contributed by atoms with Crippen molar-refractivity contribution in [3.8, 4) is 0 Å². The van der Waals surface area contributed by atoms with Gasteiger partial charge in [-0.05, 0) is 61.1 Å². The van der Waals surface area contributed by atoms with E-state index in [2.05, 4.69) is 36.1 Å². The molecule has 0 radical (unpaired) electrons. The number of pyridine rings is 2. The second-order valence-corrected chi connectivity index (χ2v) is 11.5. The number of nitrogens with one attached hydrogen (secondary N) is 1. The second-order valence-electron chi connectivity index (χ2n) is 11.5. The van der Waals surface area contributed by atoms with Crippen molar-refractivity contribution in [3.63, 3.8) is 0 Å². The molecule has 1 saturated carbocycles. The largest absolute Gasteiger partial charge is 0.351 e. The SMILES string of the molecule is Cc1nc2ccccn2c1C(=O)N(c1ccc(C(C)(C)C)cc1)C(C(=O)NC1CCCCC1)c1cccnc1. The molecule has 4 aromatic rings. The van der Waals surface area contributed by atoms with Crippen LogP contribution in [0.25, 0.3) is 5.65 Å². The minimum atomic E-state index is -0.901. The molecule has 0 spiro atoms. The predicted molar refractivity (Wildman–Crippen MR) is 154 cm³/mol. The number of amides is 2. The van der Waals surface area contributed by atoms with Crippen LogP contribution < -0.4 is 10.2 Å². The van der Waals surface area contributed by atoms with Crippen molar-refractivity contribution >= 4 is 23.1 Å². The molecule has 7 nitrogen and oxygen atoms in total. The summed E-state index contributed by atoms with van der Waals surface area (Å²) in [5.74, 6) is -0.489. The number of benzene rings is 1. The monoisotopic (exact) mass is 523 g/mol. The first-order valence-corrected chi connectivity index (χ1v) is 13.8. The molecular weight excluding hydrogens is 486 g/mol. The van der Waals surface area contributed by atoms with Crippen molar-refractivity contribution in [2.75, 3.05) is 4.90 Å². The minimum Gasteiger partial charge on any atom is -0.351 e. The molecular formula is C32H37N5O2. The summed E-state index contributed by atoms with van der Waals surface area (Å²) in [5.41, 5.74) is 4.13. The van der Waals surface area contributed by atoms with Crippen LogP contribution in [0.2, 0.25) is 0 Å². The van der Waals surface area contributed by atoms with E-state index in [0.29, 0.717) is 28.3 Å². The number of anilines is 1. The van der Waals surface area contributed by atoms with Crippen molar-refractivity contribution in [1.29, 1.82) is 0 Å². The van der Waals surface area contributed by atoms with Crippen molar-refractivity contribution in [2.45, 2.75) is 77.3 Å². The fourth-order valence-corrected chi connectivity index (χ4v) is 5.47. The van der Waals surface area contributed by atoms with E-state index in [-0.39, 0.29) is 23.3 Å². The average molecular weight is 524 g/mol. The Bertz CT molecular complexity index is 1450. The summed E-state index contributed by atoms with van der Waals surface area (Å²) >= 11 is 0. The quantitative estimate of drug-likeness (QED) is 0.328. The van der Waals surface area contributed by atoms with E-state index in [1.165, 1.54) is 6.42 Å². The summed E-state index contributed by atoms with van der Waals surface area (Å²) in [7, 11) is 0. The molecule has 0 saturated heterocycles. The smallest absolute Gasteiger partial charge is 0.278 e. The van der Waals surface area contributed by atoms with Crippen LogP contribution in [-0.2, 0) is 10.2 Å². The number of carbonyl (C=O) groups is 2. The van der Waals surface area contributed by atoms with Gasteiger partial charge in [0.15, 0.2) is 0 Å². The number of imidazole rings is 1. The molecule has 3 heterocycles. The zero-order chi connectivity index (χ0) is 27.6. The zero-order valence-corrected chi connectivity index (χ0v) is 23.2. The summed E-state index contributed by atoms with van der Waals surface area (Å²) in [4.78, 5) is 39.3. The normalized spacial score (nSPS) is 15.2. The number of hydrogen-bond acceptors (Lipinski definition) is 4. The van der Waals surface area contributed by atoms with Crippen LogP contribution in [0.3, 0.4) is 0 Å². The minimum absolute atomic E-state index is 0.0489. The van der Waals surface area contributed by atoms with Crippen molar-refractivity contribution < 1.29 is 9.59 Å². The molecule has 1 fully saturated rings. The van der Waals surface area contributed by atoms with Gasteiger partial charge in [0.25, 0.3) is 5.91 Å². The summed E-state index contributed by atoms with van der Waals surface area (Å²) < 4.78 is 1.80. The Hall–Kier alpha value is -4.00. The Morgan fingerprint density at radius 2 is 1.74 bits per heavy atom. The van der Waals surface area contributed by atoms with Gasteiger partial charge in [0.05, 0.1) is 5.69 Å². The molecule has 1 aromatic carbocycles. The topological polar surface area (TPSA) is 79.6 Å². The average Bonchev–Trinajstić information content (AvgIpc) is 3.27. The van der Waals surface area contributed by atoms with Gasteiger partial charge in [0.1, 0.15) is 17.4 Å². The van der Waals surface area contributed by atoms with Gasteiger partial charge >= 0.3 is 0 Å². The van der Waals surface area contributed by atoms with Gasteiger partial charge < -0.3 is 5.32 Å². The van der Waals surface area contributed by atoms with E-state index >= 15 is 0 Å². The fourth-order valence-electron chi connectivity index (χ4n) is 5.47. The first-order valence-electron chi connectivity index (χ1n) is 13.8. The summed E-state index contributed by atoms with van der Waals surface area (Å²) in [6.45, 7) is 8.30. The van der Waals surface area contributed by atoms with Gasteiger partial charge in [-0.3, -0.25) is 23.9 Å². The molecule has 0 bridgehead atoms. The van der Waals surface area contributed by atoms with E-state index < -0.39 is 6.04 Å². The predicted octanol–water partition coefficient (Wildman–Crippen LogP) is 6.17. The number of nitrogens with zero attached hydrogens (tertiary/aromatic N) is 4. The first kappa shape index (κ1) is 26.6. The van der Waals surface area contributed by atoms with Crippen LogP contribution in [0.4, 0.5) is 5.69 Å². The van der Waals surface area contributed by atoms with Gasteiger partial charge in [0, 0.05) is 35.9 Å². The van der Waals surface area contributed by atoms with Gasteiger partial charge in [-0.25, -0.2) is 4.98 Å². The molecule has 5 rings (SSSR count). The number of aromatic nitrogens is 3. The van der Waals surface area contributed by atoms with Gasteiger partial charge in [-0.15, -0.1) is 0 Å². The third kappa shape index (κ3) is 5.58. The number of hydrogen-bond donors (Lipinski definition) is 1. The molecule has 1 unspecified atom stereocenters. The van der Waals surface area contributed by atoms with Gasteiger partial charge in [-0.2, -0.15) is 0 Å². The number of aryl methyl sites for hydroxylation is 1. The lowest BCUT2D eigenvalue weighted by molar-refractivity contribution is -0.123. The van der Waals surface area contributed by atoms with E-state index in [0.717, 1.165) is 31.2 Å². The van der Waals surface area contributed by atoms with Crippen molar-refractivity contribution in [1.82, 2.24) is 19.7 Å². The Labute approximate surface area is 230 Å². The van der Waals surface area contributed by atoms with E-state index in [9.17, 15) is 9.59 Å². The number of carbonyl (C=O) groups excluding carboxylic acids is 2. The summed E-state index contributed by atoms with van der Waals surface area (Å²) in [5, 5.41) is 3.27. The molecule has 1 aliphatic rings. The second kappa shape index (κ2) is 11.0. The van der Waals surface area contributed by atoms with Gasteiger partial charge in [0.2, 0.25) is 5.91 Å². The molecule has 39 heavy (non-hydrogen) atoms. The van der Waals surface area contributed by atoms with Crippen LogP contribution in [-0.4, -0.2) is 32.2 Å². The highest BCUT2D eigenvalue weighted by atomic mass is 16.2. The van der Waals surface area contributed by atoms with Crippen LogP contribution in [0.1, 0.15) is 86.2 Å². The zero-order valence-electron chi connectivity index (χ0n) is 23.2. The molecule has 3 aromatic heterocycles. The maximum absolute atomic E-state index is 14.6. The van der Waals surface area contributed by atoms with E-state index in [4.69, 9.17) is 0 Å². The standard InChI is InChI=1S/C32H37N5O2/c1-22-28(36-20-9-8-14-27(36)34-22)31(39)37(26-17-15-24(16-18-26)32(2,3)4)29(23-11-10-19-33-21-23)30(38)35-25-12-6-5-7-13-25/h8-11,14-21,25,29H,5-7,12-13H2,1-4H3,(H,35,38). The van der Waals surface area contributed by atoms with Crippen LogP contribution >= 0.6 is 0 Å². The maximum Gasteiger partial charge on any atom is 0.278 e. The highest BCUT2D eigenvalue weighted by Crippen LogP contribution is 2.33. The third-order valence-electron chi connectivity index (χ3n) is 7.60. The third-order valence-corrected chi connectivity index (χ3v) is 7.60. The van der Waals surface area contributed by atoms with Crippen LogP contribution in [0.5, 0.6) is 0 Å². The Balaban J connectivity index is 1.65. The lowest BCUT2D eigenvalue weighted by Crippen LogP contribution is -2.47. The Morgan fingerprint density at radius 1 is 1.00 bits per heavy atom. The molecule has 0 aliphatic heterocycles. The maximum atomic E-state index is 14.6. The molecule has 7 heteroatoms. The Kier molecular flexibility index (Phi) is 7.51. The van der Waals surface area contributed by atoms with E-state index in [1.807, 2.05) is 61.7 Å². The molecule has 1 aliphatic carbocycles. The summed E-state index contributed by atoms with van der Waals surface area (Å²) in [6, 6.07) is 16.5. The van der Waals surface area contributed by atoms with Crippen LogP contribution in [0.15, 0.2) is 73.2 Å². The van der Waals surface area contributed by atoms with Gasteiger partial charge in [-0.1, -0.05) is 64.3 Å². The highest BCUT2D eigenvalue weighted by molar-refractivity contribution is 6.10. The number of rotatable bonds is 6. The number of fused-ring (bicyclic) bond motifs is 1. The van der Waals surface area contributed by atoms with E-state index in [1.54, 1.807) is 27.8 Å². The van der Waals surface area contributed by atoms with Crippen LogP contribution in [0, 0.1) is 6.92 Å². The lowest BCUT2D eigenvalue weighted by atomic mass is 9.87. The lowest BCUT2D eigenvalue weighted by Gasteiger charge is -2.33. The molecule has 202 valence electrons. The highest BCUT2D eigenvalue weighted by Gasteiger charge is 2.36. The molecule has 1 atom stereocenters. The van der Waals surface area contributed by atoms with Crippen molar-refractivity contribution in [2.24, 2.45) is 0 Å². The first-order chi connectivity index (χ1) is 18.7.